The van der Waals surface area contributed by atoms with Gasteiger partial charge in [0, 0.05) is 12.2 Å². The number of rotatable bonds is 4. The van der Waals surface area contributed by atoms with E-state index in [1.807, 2.05) is 31.2 Å². The molecule has 100 valence electrons. The van der Waals surface area contributed by atoms with Gasteiger partial charge in [-0.25, -0.2) is 0 Å². The van der Waals surface area contributed by atoms with E-state index in [0.29, 0.717) is 6.54 Å². The number of hydrogen-bond acceptors (Lipinski definition) is 3. The predicted molar refractivity (Wildman–Crippen MR) is 74.8 cm³/mol. The van der Waals surface area contributed by atoms with Crippen LogP contribution in [0.5, 0.6) is 0 Å². The lowest BCUT2D eigenvalue weighted by Gasteiger charge is -2.07. The Morgan fingerprint density at radius 3 is 2.11 bits per heavy atom. The molecule has 0 fully saturated rings. The summed E-state index contributed by atoms with van der Waals surface area (Å²) in [5.41, 5.74) is 3.15. The lowest BCUT2D eigenvalue weighted by Crippen LogP contribution is -2.01. The fourth-order valence-electron chi connectivity index (χ4n) is 1.65. The van der Waals surface area contributed by atoms with E-state index in [2.05, 4.69) is 5.32 Å². The number of aryl methyl sites for hydroxylation is 1. The molecule has 0 aliphatic carbocycles. The lowest BCUT2D eigenvalue weighted by molar-refractivity contribution is 0.483. The minimum atomic E-state index is -4.12. The fourth-order valence-corrected chi connectivity index (χ4v) is 2.13. The molecule has 19 heavy (non-hydrogen) atoms. The van der Waals surface area contributed by atoms with E-state index in [1.165, 1.54) is 17.7 Å². The maximum atomic E-state index is 10.9. The quantitative estimate of drug-likeness (QED) is 0.843. The Balaban J connectivity index is 2.02. The van der Waals surface area contributed by atoms with Crippen molar-refractivity contribution in [2.24, 2.45) is 0 Å². The van der Waals surface area contributed by atoms with Crippen LogP contribution in [-0.2, 0) is 16.7 Å². The third kappa shape index (κ3) is 3.81. The molecule has 0 radical (unpaired) electrons. The van der Waals surface area contributed by atoms with Gasteiger partial charge in [0.25, 0.3) is 10.1 Å². The number of nitrogens with one attached hydrogen (secondary N) is 1. The zero-order valence-corrected chi connectivity index (χ0v) is 11.3. The molecule has 2 N–H and O–H groups in total. The van der Waals surface area contributed by atoms with Crippen LogP contribution in [0.15, 0.2) is 53.4 Å². The molecule has 0 aliphatic heterocycles. The number of benzene rings is 2. The molecular weight excluding hydrogens is 262 g/mol. The van der Waals surface area contributed by atoms with Crippen LogP contribution in [0.25, 0.3) is 0 Å². The van der Waals surface area contributed by atoms with Gasteiger partial charge in [0.2, 0.25) is 0 Å². The molecule has 0 saturated heterocycles. The van der Waals surface area contributed by atoms with Gasteiger partial charge in [0.15, 0.2) is 0 Å². The summed E-state index contributed by atoms with van der Waals surface area (Å²) >= 11 is 0. The van der Waals surface area contributed by atoms with E-state index in [-0.39, 0.29) is 4.90 Å². The predicted octanol–water partition coefficient (Wildman–Crippen LogP) is 2.85. The van der Waals surface area contributed by atoms with Gasteiger partial charge in [-0.15, -0.1) is 0 Å². The van der Waals surface area contributed by atoms with Crippen LogP contribution in [0.4, 0.5) is 5.69 Å². The highest BCUT2D eigenvalue weighted by atomic mass is 32.2. The van der Waals surface area contributed by atoms with E-state index in [0.717, 1.165) is 11.3 Å². The highest BCUT2D eigenvalue weighted by Gasteiger charge is 2.08. The van der Waals surface area contributed by atoms with Gasteiger partial charge in [0.05, 0.1) is 4.90 Å². The van der Waals surface area contributed by atoms with Crippen molar-refractivity contribution in [3.63, 3.8) is 0 Å². The number of hydrogen-bond donors (Lipinski definition) is 2. The first kappa shape index (κ1) is 13.6. The minimum absolute atomic E-state index is 0.103. The van der Waals surface area contributed by atoms with Crippen molar-refractivity contribution in [3.05, 3.63) is 59.7 Å². The van der Waals surface area contributed by atoms with E-state index in [1.54, 1.807) is 12.1 Å². The van der Waals surface area contributed by atoms with E-state index in [9.17, 15) is 8.42 Å². The zero-order chi connectivity index (χ0) is 13.9. The van der Waals surface area contributed by atoms with Crippen LogP contribution in [0.1, 0.15) is 11.1 Å². The van der Waals surface area contributed by atoms with E-state index < -0.39 is 10.1 Å². The van der Waals surface area contributed by atoms with Crippen molar-refractivity contribution in [1.82, 2.24) is 0 Å². The van der Waals surface area contributed by atoms with Crippen LogP contribution < -0.4 is 5.32 Å². The maximum Gasteiger partial charge on any atom is 0.294 e. The Morgan fingerprint density at radius 1 is 1.00 bits per heavy atom. The molecule has 2 aromatic carbocycles. The highest BCUT2D eigenvalue weighted by molar-refractivity contribution is 7.85. The van der Waals surface area contributed by atoms with Crippen LogP contribution in [0.3, 0.4) is 0 Å². The van der Waals surface area contributed by atoms with Crippen molar-refractivity contribution >= 4 is 15.8 Å². The Kier molecular flexibility index (Phi) is 3.87. The minimum Gasteiger partial charge on any atom is -0.381 e. The molecule has 0 heterocycles. The fraction of sp³-hybridized carbons (Fsp3) is 0.143. The SMILES string of the molecule is Cc1ccc(CNc2ccc(S(=O)(=O)O)cc2)cc1. The van der Waals surface area contributed by atoms with Gasteiger partial charge in [-0.2, -0.15) is 8.42 Å². The molecule has 4 nitrogen and oxygen atoms in total. The van der Waals surface area contributed by atoms with Gasteiger partial charge in [-0.1, -0.05) is 29.8 Å². The van der Waals surface area contributed by atoms with Crippen molar-refractivity contribution in [2.45, 2.75) is 18.4 Å². The summed E-state index contributed by atoms with van der Waals surface area (Å²) in [4.78, 5) is -0.103. The molecule has 2 aromatic rings. The molecule has 0 spiro atoms. The molecule has 0 aliphatic rings. The first-order valence-corrected chi connectivity index (χ1v) is 7.26. The van der Waals surface area contributed by atoms with Gasteiger partial charge in [0.1, 0.15) is 0 Å². The van der Waals surface area contributed by atoms with Crippen molar-refractivity contribution in [2.75, 3.05) is 5.32 Å². The second-order valence-electron chi connectivity index (χ2n) is 4.34. The zero-order valence-electron chi connectivity index (χ0n) is 10.5. The Hall–Kier alpha value is -1.85. The largest absolute Gasteiger partial charge is 0.381 e. The maximum absolute atomic E-state index is 10.9. The van der Waals surface area contributed by atoms with Crippen molar-refractivity contribution in [3.8, 4) is 0 Å². The highest BCUT2D eigenvalue weighted by Crippen LogP contribution is 2.14. The van der Waals surface area contributed by atoms with Gasteiger partial charge in [-0.05, 0) is 36.8 Å². The summed E-state index contributed by atoms with van der Waals surface area (Å²) < 4.78 is 30.6. The second kappa shape index (κ2) is 5.42. The monoisotopic (exact) mass is 277 g/mol. The molecule has 0 unspecified atom stereocenters. The molecule has 0 atom stereocenters. The molecule has 0 amide bonds. The molecule has 0 aromatic heterocycles. The lowest BCUT2D eigenvalue weighted by atomic mass is 10.1. The Bertz CT molecular complexity index is 646. The normalized spacial score (nSPS) is 11.3. The first-order chi connectivity index (χ1) is 8.95. The summed E-state index contributed by atoms with van der Waals surface area (Å²) in [5, 5.41) is 3.18. The average molecular weight is 277 g/mol. The summed E-state index contributed by atoms with van der Waals surface area (Å²) in [7, 11) is -4.12. The van der Waals surface area contributed by atoms with Crippen molar-refractivity contribution < 1.29 is 13.0 Å². The average Bonchev–Trinajstić information content (AvgIpc) is 2.37. The first-order valence-electron chi connectivity index (χ1n) is 5.82. The van der Waals surface area contributed by atoms with Crippen molar-refractivity contribution in [1.29, 1.82) is 0 Å². The third-order valence-electron chi connectivity index (χ3n) is 2.77. The molecule has 5 heteroatoms. The molecule has 2 rings (SSSR count). The summed E-state index contributed by atoms with van der Waals surface area (Å²) in [6.45, 7) is 2.69. The number of anilines is 1. The molecule has 0 bridgehead atoms. The Morgan fingerprint density at radius 2 is 1.58 bits per heavy atom. The van der Waals surface area contributed by atoms with E-state index >= 15 is 0 Å². The van der Waals surface area contributed by atoms with Crippen LogP contribution in [-0.4, -0.2) is 13.0 Å². The third-order valence-corrected chi connectivity index (χ3v) is 3.64. The standard InChI is InChI=1S/C14H15NO3S/c1-11-2-4-12(5-3-11)10-15-13-6-8-14(9-7-13)19(16,17)18/h2-9,15H,10H2,1H3,(H,16,17,18). The van der Waals surface area contributed by atoms with Crippen LogP contribution >= 0.6 is 0 Å². The van der Waals surface area contributed by atoms with Gasteiger partial charge >= 0.3 is 0 Å². The molecule has 0 saturated carbocycles. The molecular formula is C14H15NO3S. The summed E-state index contributed by atoms with van der Waals surface area (Å²) in [6, 6.07) is 14.1. The second-order valence-corrected chi connectivity index (χ2v) is 5.76. The van der Waals surface area contributed by atoms with Crippen LogP contribution in [0.2, 0.25) is 0 Å². The van der Waals surface area contributed by atoms with Gasteiger partial charge in [-0.3, -0.25) is 4.55 Å². The summed E-state index contributed by atoms with van der Waals surface area (Å²) in [6.07, 6.45) is 0. The Labute approximate surface area is 112 Å². The van der Waals surface area contributed by atoms with E-state index in [4.69, 9.17) is 4.55 Å². The smallest absolute Gasteiger partial charge is 0.294 e. The topological polar surface area (TPSA) is 66.4 Å². The summed E-state index contributed by atoms with van der Waals surface area (Å²) in [5.74, 6) is 0. The van der Waals surface area contributed by atoms with Crippen LogP contribution in [0, 0.1) is 6.92 Å². The van der Waals surface area contributed by atoms with Gasteiger partial charge < -0.3 is 5.32 Å².